The number of rotatable bonds is 7. The Morgan fingerprint density at radius 3 is 2.38 bits per heavy atom. The first kappa shape index (κ1) is 21.2. The highest BCUT2D eigenvalue weighted by molar-refractivity contribution is 6.15. The number of Topliss-reactive ketones (excluding diaryl/α,β-unsaturated/α-hetero) is 2. The van der Waals surface area contributed by atoms with Gasteiger partial charge in [0.2, 0.25) is 5.78 Å². The Balaban J connectivity index is 1.54. The Morgan fingerprint density at radius 1 is 0.938 bits per heavy atom. The van der Waals surface area contributed by atoms with Gasteiger partial charge in [-0.15, -0.1) is 0 Å². The van der Waals surface area contributed by atoms with Crippen molar-refractivity contribution < 1.29 is 28.5 Å². The van der Waals surface area contributed by atoms with E-state index in [4.69, 9.17) is 18.9 Å². The number of hydrogen-bond donors (Lipinski definition) is 0. The molecular weight excluding hydrogens is 408 g/mol. The van der Waals surface area contributed by atoms with Crippen LogP contribution in [0.25, 0.3) is 6.08 Å². The molecule has 3 aromatic rings. The molecule has 162 valence electrons. The van der Waals surface area contributed by atoms with Gasteiger partial charge in [-0.2, -0.15) is 0 Å². The number of carbonyl (C=O) groups is 2. The second-order valence-electron chi connectivity index (χ2n) is 7.20. The van der Waals surface area contributed by atoms with Gasteiger partial charge in [-0.25, -0.2) is 0 Å². The quantitative estimate of drug-likeness (QED) is 0.393. The largest absolute Gasteiger partial charge is 0.493 e. The summed E-state index contributed by atoms with van der Waals surface area (Å²) in [6.45, 7) is 1.69. The molecule has 0 bridgehead atoms. The summed E-state index contributed by atoms with van der Waals surface area (Å²) in [5.41, 5.74) is 2.43. The predicted molar refractivity (Wildman–Crippen MR) is 120 cm³/mol. The van der Waals surface area contributed by atoms with E-state index in [0.29, 0.717) is 39.7 Å². The first-order chi connectivity index (χ1) is 15.5. The number of ketones is 2. The van der Waals surface area contributed by atoms with Gasteiger partial charge < -0.3 is 18.9 Å². The molecule has 0 saturated carbocycles. The van der Waals surface area contributed by atoms with Crippen LogP contribution in [0, 0.1) is 6.92 Å². The third-order valence-corrected chi connectivity index (χ3v) is 5.20. The zero-order valence-electron chi connectivity index (χ0n) is 18.0. The van der Waals surface area contributed by atoms with Crippen molar-refractivity contribution in [2.75, 3.05) is 20.8 Å². The Labute approximate surface area is 186 Å². The van der Waals surface area contributed by atoms with E-state index in [1.165, 1.54) is 0 Å². The molecule has 0 atom stereocenters. The molecule has 0 N–H and O–H groups in total. The van der Waals surface area contributed by atoms with Gasteiger partial charge in [-0.05, 0) is 42.8 Å². The molecule has 1 aliphatic rings. The van der Waals surface area contributed by atoms with E-state index in [0.717, 1.165) is 5.56 Å². The minimum absolute atomic E-state index is 0.105. The number of carbonyl (C=O) groups excluding carboxylic acids is 2. The molecule has 0 radical (unpaired) electrons. The van der Waals surface area contributed by atoms with Crippen LogP contribution in [0.2, 0.25) is 0 Å². The highest BCUT2D eigenvalue weighted by Crippen LogP contribution is 2.39. The van der Waals surface area contributed by atoms with Crippen molar-refractivity contribution >= 4 is 17.6 Å². The third-order valence-electron chi connectivity index (χ3n) is 5.20. The third kappa shape index (κ3) is 4.07. The smallest absolute Gasteiger partial charge is 0.231 e. The molecule has 0 aliphatic carbocycles. The van der Waals surface area contributed by atoms with Crippen molar-refractivity contribution in [2.45, 2.75) is 6.92 Å². The van der Waals surface area contributed by atoms with Crippen molar-refractivity contribution in [1.29, 1.82) is 0 Å². The summed E-state index contributed by atoms with van der Waals surface area (Å²) in [7, 11) is 3.11. The van der Waals surface area contributed by atoms with Gasteiger partial charge in [-0.1, -0.05) is 36.4 Å². The minimum Gasteiger partial charge on any atom is -0.493 e. The van der Waals surface area contributed by atoms with Crippen LogP contribution in [0.3, 0.4) is 0 Å². The van der Waals surface area contributed by atoms with Gasteiger partial charge in [0.25, 0.3) is 0 Å². The van der Waals surface area contributed by atoms with E-state index in [1.807, 2.05) is 12.1 Å². The molecule has 0 aromatic heterocycles. The standard InChI is InChI=1S/C26H22O6/c1-16-21(31-15-20(27)18-7-5-4-6-8-18)12-10-19-25(28)24(32-26(16)19)14-17-9-11-22(29-2)23(13-17)30-3/h4-14H,15H2,1-3H3/b24-14-. The maximum Gasteiger partial charge on any atom is 0.231 e. The van der Waals surface area contributed by atoms with E-state index in [1.54, 1.807) is 75.8 Å². The highest BCUT2D eigenvalue weighted by Gasteiger charge is 2.30. The van der Waals surface area contributed by atoms with Crippen LogP contribution in [0.5, 0.6) is 23.0 Å². The Kier molecular flexibility index (Phi) is 5.94. The van der Waals surface area contributed by atoms with Crippen LogP contribution in [0.1, 0.15) is 31.8 Å². The first-order valence-electron chi connectivity index (χ1n) is 10.0. The van der Waals surface area contributed by atoms with Gasteiger partial charge in [-0.3, -0.25) is 9.59 Å². The van der Waals surface area contributed by atoms with Gasteiger partial charge in [0, 0.05) is 11.1 Å². The highest BCUT2D eigenvalue weighted by atomic mass is 16.5. The van der Waals surface area contributed by atoms with Crippen LogP contribution in [0.4, 0.5) is 0 Å². The van der Waals surface area contributed by atoms with E-state index in [2.05, 4.69) is 0 Å². The minimum atomic E-state index is -0.218. The molecule has 0 fully saturated rings. The molecule has 1 heterocycles. The Bertz CT molecular complexity index is 1210. The van der Waals surface area contributed by atoms with E-state index in [-0.39, 0.29) is 23.9 Å². The second kappa shape index (κ2) is 8.98. The van der Waals surface area contributed by atoms with Crippen molar-refractivity contribution in [1.82, 2.24) is 0 Å². The maximum absolute atomic E-state index is 12.8. The number of hydrogen-bond acceptors (Lipinski definition) is 6. The molecule has 4 rings (SSSR count). The van der Waals surface area contributed by atoms with Crippen molar-refractivity contribution in [3.8, 4) is 23.0 Å². The van der Waals surface area contributed by atoms with Gasteiger partial charge >= 0.3 is 0 Å². The number of benzene rings is 3. The number of allylic oxidation sites excluding steroid dienone is 1. The zero-order chi connectivity index (χ0) is 22.7. The molecule has 0 amide bonds. The van der Waals surface area contributed by atoms with Crippen LogP contribution < -0.4 is 18.9 Å². The molecule has 0 spiro atoms. The summed E-state index contributed by atoms with van der Waals surface area (Å²) in [4.78, 5) is 25.2. The van der Waals surface area contributed by atoms with E-state index >= 15 is 0 Å². The van der Waals surface area contributed by atoms with Gasteiger partial charge in [0.15, 0.2) is 29.6 Å². The molecule has 3 aromatic carbocycles. The maximum atomic E-state index is 12.8. The second-order valence-corrected chi connectivity index (χ2v) is 7.20. The molecule has 1 aliphatic heterocycles. The van der Waals surface area contributed by atoms with Crippen LogP contribution in [-0.4, -0.2) is 32.4 Å². The molecule has 0 unspecified atom stereocenters. The fourth-order valence-corrected chi connectivity index (χ4v) is 3.47. The van der Waals surface area contributed by atoms with E-state index < -0.39 is 0 Å². The fraction of sp³-hybridized carbons (Fsp3) is 0.154. The molecule has 32 heavy (non-hydrogen) atoms. The summed E-state index contributed by atoms with van der Waals surface area (Å²) < 4.78 is 22.2. The topological polar surface area (TPSA) is 71.1 Å². The SMILES string of the molecule is COc1ccc(/C=C2\Oc3c(ccc(OCC(=O)c4ccccc4)c3C)C2=O)cc1OC. The average molecular weight is 430 g/mol. The van der Waals surface area contributed by atoms with Gasteiger partial charge in [0.05, 0.1) is 19.8 Å². The zero-order valence-corrected chi connectivity index (χ0v) is 18.0. The monoisotopic (exact) mass is 430 g/mol. The lowest BCUT2D eigenvalue weighted by Crippen LogP contribution is -2.12. The van der Waals surface area contributed by atoms with E-state index in [9.17, 15) is 9.59 Å². The lowest BCUT2D eigenvalue weighted by atomic mass is 10.1. The molecular formula is C26H22O6. The summed E-state index contributed by atoms with van der Waals surface area (Å²) in [5, 5.41) is 0. The van der Waals surface area contributed by atoms with Crippen LogP contribution >= 0.6 is 0 Å². The summed E-state index contributed by atoms with van der Waals surface area (Å²) in [6.07, 6.45) is 1.66. The fourth-order valence-electron chi connectivity index (χ4n) is 3.47. The summed E-state index contributed by atoms with van der Waals surface area (Å²) in [6, 6.07) is 17.6. The van der Waals surface area contributed by atoms with Gasteiger partial charge in [0.1, 0.15) is 11.5 Å². The summed E-state index contributed by atoms with van der Waals surface area (Å²) in [5.74, 6) is 1.94. The molecule has 0 saturated heterocycles. The van der Waals surface area contributed by atoms with Crippen molar-refractivity contribution in [2.24, 2.45) is 0 Å². The Hall–Kier alpha value is -4.06. The normalized spacial score (nSPS) is 13.5. The van der Waals surface area contributed by atoms with Crippen LogP contribution in [0.15, 0.2) is 66.4 Å². The molecule has 6 heteroatoms. The first-order valence-corrected chi connectivity index (χ1v) is 10.0. The van der Waals surface area contributed by atoms with Crippen LogP contribution in [-0.2, 0) is 0 Å². The number of fused-ring (bicyclic) bond motifs is 1. The molecule has 6 nitrogen and oxygen atoms in total. The number of methoxy groups -OCH3 is 2. The lowest BCUT2D eigenvalue weighted by molar-refractivity contribution is 0.0920. The number of ether oxygens (including phenoxy) is 4. The average Bonchev–Trinajstić information content (AvgIpc) is 3.14. The summed E-state index contributed by atoms with van der Waals surface area (Å²) >= 11 is 0. The lowest BCUT2D eigenvalue weighted by Gasteiger charge is -2.11. The predicted octanol–water partition coefficient (Wildman–Crippen LogP) is 4.89. The van der Waals surface area contributed by atoms with Crippen molar-refractivity contribution in [3.05, 3.63) is 88.7 Å². The van der Waals surface area contributed by atoms with Crippen molar-refractivity contribution in [3.63, 3.8) is 0 Å². The Morgan fingerprint density at radius 2 is 1.66 bits per heavy atom.